The number of hydrogen-bond acceptors (Lipinski definition) is 4. The van der Waals surface area contributed by atoms with E-state index in [-0.39, 0.29) is 24.0 Å². The maximum atomic E-state index is 11.6. The number of nitrogens with one attached hydrogen (secondary N) is 1. The lowest BCUT2D eigenvalue weighted by Gasteiger charge is -2.22. The van der Waals surface area contributed by atoms with Gasteiger partial charge in [-0.2, -0.15) is 0 Å². The highest BCUT2D eigenvalue weighted by molar-refractivity contribution is 5.73. The van der Waals surface area contributed by atoms with Gasteiger partial charge in [0.15, 0.2) is 0 Å². The van der Waals surface area contributed by atoms with Crippen LogP contribution in [0.1, 0.15) is 18.5 Å². The van der Waals surface area contributed by atoms with Crippen molar-refractivity contribution in [2.24, 2.45) is 5.92 Å². The smallest absolute Gasteiger partial charge is 0.312 e. The molecule has 2 rings (SSSR count). The van der Waals surface area contributed by atoms with Gasteiger partial charge in [-0.1, -0.05) is 30.3 Å². The molecule has 0 radical (unpaired) electrons. The number of esters is 1. The minimum atomic E-state index is -0.207. The second kappa shape index (κ2) is 5.98. The highest BCUT2D eigenvalue weighted by Crippen LogP contribution is 2.20. The number of methoxy groups -OCH3 is 1. The molecule has 1 aromatic rings. The van der Waals surface area contributed by atoms with Crippen molar-refractivity contribution in [1.29, 1.82) is 0 Å². The summed E-state index contributed by atoms with van der Waals surface area (Å²) < 4.78 is 10.2. The van der Waals surface area contributed by atoms with Crippen molar-refractivity contribution in [2.75, 3.05) is 20.3 Å². The van der Waals surface area contributed by atoms with E-state index in [2.05, 4.69) is 24.4 Å². The van der Waals surface area contributed by atoms with E-state index in [1.165, 1.54) is 12.7 Å². The van der Waals surface area contributed by atoms with Gasteiger partial charge in [0, 0.05) is 12.1 Å². The summed E-state index contributed by atoms with van der Waals surface area (Å²) in [6, 6.07) is 10.4. The lowest BCUT2D eigenvalue weighted by Crippen LogP contribution is -2.41. The molecule has 1 heterocycles. The Labute approximate surface area is 107 Å². The topological polar surface area (TPSA) is 47.6 Å². The molecule has 1 aliphatic heterocycles. The van der Waals surface area contributed by atoms with Gasteiger partial charge in [-0.25, -0.2) is 0 Å². The van der Waals surface area contributed by atoms with Crippen LogP contribution in [0.2, 0.25) is 0 Å². The largest absolute Gasteiger partial charge is 0.469 e. The van der Waals surface area contributed by atoms with Crippen LogP contribution in [0, 0.1) is 5.92 Å². The molecule has 0 aliphatic carbocycles. The summed E-state index contributed by atoms with van der Waals surface area (Å²) in [5.41, 5.74) is 1.20. The molecular formula is C14H19NO3. The van der Waals surface area contributed by atoms with Crippen LogP contribution in [-0.2, 0) is 14.3 Å². The summed E-state index contributed by atoms with van der Waals surface area (Å²) in [4.78, 5) is 11.6. The minimum Gasteiger partial charge on any atom is -0.469 e. The Hall–Kier alpha value is -1.39. The van der Waals surface area contributed by atoms with E-state index in [0.29, 0.717) is 13.2 Å². The fourth-order valence-electron chi connectivity index (χ4n) is 2.26. The fraction of sp³-hybridized carbons (Fsp3) is 0.500. The van der Waals surface area contributed by atoms with Gasteiger partial charge >= 0.3 is 5.97 Å². The molecule has 18 heavy (non-hydrogen) atoms. The Kier molecular flexibility index (Phi) is 4.33. The van der Waals surface area contributed by atoms with Crippen LogP contribution in [0.5, 0.6) is 0 Å². The van der Waals surface area contributed by atoms with E-state index in [1.54, 1.807) is 0 Å². The van der Waals surface area contributed by atoms with E-state index in [9.17, 15) is 4.79 Å². The molecule has 1 fully saturated rings. The van der Waals surface area contributed by atoms with Crippen LogP contribution in [0.3, 0.4) is 0 Å². The third kappa shape index (κ3) is 2.89. The number of hydrogen-bond donors (Lipinski definition) is 1. The van der Waals surface area contributed by atoms with Gasteiger partial charge in [-0.15, -0.1) is 0 Å². The number of carbonyl (C=O) groups is 1. The molecule has 4 nitrogen and oxygen atoms in total. The Bertz CT molecular complexity index is 393. The first-order valence-electron chi connectivity index (χ1n) is 6.19. The molecular weight excluding hydrogens is 230 g/mol. The van der Waals surface area contributed by atoms with Gasteiger partial charge in [0.1, 0.15) is 0 Å². The van der Waals surface area contributed by atoms with Crippen molar-refractivity contribution in [3.8, 4) is 0 Å². The fourth-order valence-corrected chi connectivity index (χ4v) is 2.26. The van der Waals surface area contributed by atoms with Crippen LogP contribution in [0.4, 0.5) is 0 Å². The van der Waals surface area contributed by atoms with Crippen LogP contribution in [0.25, 0.3) is 0 Å². The quantitative estimate of drug-likeness (QED) is 0.822. The van der Waals surface area contributed by atoms with Gasteiger partial charge in [0.05, 0.1) is 26.2 Å². The summed E-state index contributed by atoms with van der Waals surface area (Å²) >= 11 is 0. The number of carbonyl (C=O) groups excluding carboxylic acids is 1. The van der Waals surface area contributed by atoms with Crippen LogP contribution in [-0.4, -0.2) is 32.3 Å². The van der Waals surface area contributed by atoms with E-state index >= 15 is 0 Å². The second-order valence-corrected chi connectivity index (χ2v) is 4.57. The van der Waals surface area contributed by atoms with Gasteiger partial charge in [-0.3, -0.25) is 4.79 Å². The molecule has 0 spiro atoms. The highest BCUT2D eigenvalue weighted by atomic mass is 16.5. The summed E-state index contributed by atoms with van der Waals surface area (Å²) in [5.74, 6) is -0.411. The Balaban J connectivity index is 1.98. The first-order valence-corrected chi connectivity index (χ1v) is 6.19. The Morgan fingerprint density at radius 1 is 1.39 bits per heavy atom. The summed E-state index contributed by atoms with van der Waals surface area (Å²) in [7, 11) is 1.42. The van der Waals surface area contributed by atoms with E-state index in [1.807, 2.05) is 18.2 Å². The van der Waals surface area contributed by atoms with Gasteiger partial charge in [0.2, 0.25) is 0 Å². The normalized spacial score (nSPS) is 24.8. The number of ether oxygens (including phenoxy) is 2. The molecule has 0 amide bonds. The first-order chi connectivity index (χ1) is 8.72. The van der Waals surface area contributed by atoms with Crippen LogP contribution < -0.4 is 5.32 Å². The number of benzene rings is 1. The predicted molar refractivity (Wildman–Crippen MR) is 68.1 cm³/mol. The standard InChI is InChI=1S/C14H19NO3/c1-10(11-6-4-3-5-7-11)15-13-9-18-8-12(13)14(16)17-2/h3-7,10,12-13,15H,8-9H2,1-2H3/t10-,12+,13-/m1/s1. The molecule has 1 N–H and O–H groups in total. The second-order valence-electron chi connectivity index (χ2n) is 4.57. The monoisotopic (exact) mass is 249 g/mol. The SMILES string of the molecule is COC(=O)[C@H]1COC[C@H]1N[C@H](C)c1ccccc1. The lowest BCUT2D eigenvalue weighted by molar-refractivity contribution is -0.145. The Morgan fingerprint density at radius 3 is 2.78 bits per heavy atom. The molecule has 4 heteroatoms. The molecule has 0 saturated carbocycles. The van der Waals surface area contributed by atoms with E-state index in [4.69, 9.17) is 9.47 Å². The maximum Gasteiger partial charge on any atom is 0.312 e. The predicted octanol–water partition coefficient (Wildman–Crippen LogP) is 1.53. The van der Waals surface area contributed by atoms with Crippen molar-refractivity contribution in [3.05, 3.63) is 35.9 Å². The van der Waals surface area contributed by atoms with Crippen molar-refractivity contribution in [3.63, 3.8) is 0 Å². The highest BCUT2D eigenvalue weighted by Gasteiger charge is 2.35. The zero-order valence-electron chi connectivity index (χ0n) is 10.8. The zero-order valence-corrected chi connectivity index (χ0v) is 10.8. The maximum absolute atomic E-state index is 11.6. The molecule has 3 atom stereocenters. The minimum absolute atomic E-state index is 0.0210. The van der Waals surface area contributed by atoms with Gasteiger partial charge in [0.25, 0.3) is 0 Å². The molecule has 0 aromatic heterocycles. The summed E-state index contributed by atoms with van der Waals surface area (Å²) in [6.07, 6.45) is 0. The third-order valence-electron chi connectivity index (χ3n) is 3.35. The van der Waals surface area contributed by atoms with Gasteiger partial charge < -0.3 is 14.8 Å². The van der Waals surface area contributed by atoms with Gasteiger partial charge in [-0.05, 0) is 12.5 Å². The summed E-state index contributed by atoms with van der Waals surface area (Å²) in [5, 5.41) is 3.43. The van der Waals surface area contributed by atoms with Crippen LogP contribution >= 0.6 is 0 Å². The third-order valence-corrected chi connectivity index (χ3v) is 3.35. The molecule has 0 bridgehead atoms. The first kappa shape index (κ1) is 13.1. The molecule has 98 valence electrons. The molecule has 1 aromatic carbocycles. The lowest BCUT2D eigenvalue weighted by atomic mass is 10.0. The molecule has 0 unspecified atom stereocenters. The average molecular weight is 249 g/mol. The summed E-state index contributed by atoms with van der Waals surface area (Å²) in [6.45, 7) is 3.07. The Morgan fingerprint density at radius 2 is 2.11 bits per heavy atom. The number of rotatable bonds is 4. The van der Waals surface area contributed by atoms with E-state index < -0.39 is 0 Å². The van der Waals surface area contributed by atoms with Crippen molar-refractivity contribution >= 4 is 5.97 Å². The molecule has 1 aliphatic rings. The van der Waals surface area contributed by atoms with E-state index in [0.717, 1.165) is 0 Å². The van der Waals surface area contributed by atoms with Crippen molar-refractivity contribution < 1.29 is 14.3 Å². The molecule has 1 saturated heterocycles. The van der Waals surface area contributed by atoms with Crippen molar-refractivity contribution in [1.82, 2.24) is 5.32 Å². The zero-order chi connectivity index (χ0) is 13.0. The average Bonchev–Trinajstić information content (AvgIpc) is 2.87. The van der Waals surface area contributed by atoms with Crippen molar-refractivity contribution in [2.45, 2.75) is 19.0 Å². The van der Waals surface area contributed by atoms with Crippen LogP contribution in [0.15, 0.2) is 30.3 Å².